The molecular formula is C18H12BrN3. The van der Waals surface area contributed by atoms with Crippen LogP contribution in [-0.2, 0) is 5.54 Å². The third-order valence-corrected chi connectivity index (χ3v) is 4.48. The molecule has 1 unspecified atom stereocenters. The minimum absolute atomic E-state index is 0.559. The van der Waals surface area contributed by atoms with Gasteiger partial charge < -0.3 is 0 Å². The quantitative estimate of drug-likeness (QED) is 0.702. The Morgan fingerprint density at radius 2 is 1.68 bits per heavy atom. The minimum atomic E-state index is -0.559. The van der Waals surface area contributed by atoms with E-state index in [0.29, 0.717) is 0 Å². The van der Waals surface area contributed by atoms with Gasteiger partial charge in [0.05, 0.1) is 0 Å². The van der Waals surface area contributed by atoms with Crippen molar-refractivity contribution >= 4 is 22.1 Å². The van der Waals surface area contributed by atoms with E-state index in [-0.39, 0.29) is 0 Å². The number of rotatable bonds is 2. The van der Waals surface area contributed by atoms with Gasteiger partial charge in [-0.15, -0.1) is 0 Å². The van der Waals surface area contributed by atoms with Gasteiger partial charge in [0.15, 0.2) is 0 Å². The molecule has 4 rings (SSSR count). The van der Waals surface area contributed by atoms with Crippen molar-refractivity contribution in [1.29, 1.82) is 0 Å². The van der Waals surface area contributed by atoms with Crippen LogP contribution < -0.4 is 0 Å². The lowest BCUT2D eigenvalue weighted by molar-refractivity contribution is 0.668. The predicted octanol–water partition coefficient (Wildman–Crippen LogP) is 3.96. The van der Waals surface area contributed by atoms with Gasteiger partial charge in [-0.05, 0) is 41.5 Å². The number of hydrogen-bond acceptors (Lipinski definition) is 3. The van der Waals surface area contributed by atoms with Crippen molar-refractivity contribution in [2.24, 2.45) is 4.99 Å². The molecule has 0 saturated heterocycles. The first-order chi connectivity index (χ1) is 10.8. The van der Waals surface area contributed by atoms with Crippen molar-refractivity contribution < 1.29 is 0 Å². The van der Waals surface area contributed by atoms with Crippen LogP contribution in [0.2, 0.25) is 0 Å². The maximum absolute atomic E-state index is 4.90. The molecule has 1 aliphatic rings. The number of benzene rings is 1. The Balaban J connectivity index is 2.05. The maximum atomic E-state index is 4.90. The first-order valence-electron chi connectivity index (χ1n) is 6.97. The molecule has 0 amide bonds. The molecule has 0 saturated carbocycles. The van der Waals surface area contributed by atoms with E-state index >= 15 is 0 Å². The van der Waals surface area contributed by atoms with Crippen LogP contribution >= 0.6 is 15.9 Å². The molecule has 3 nitrogen and oxygen atoms in total. The summed E-state index contributed by atoms with van der Waals surface area (Å²) in [6.45, 7) is 0. The number of aliphatic imine (C=N–C) groups is 1. The van der Waals surface area contributed by atoms with Crippen LogP contribution in [-0.4, -0.2) is 16.2 Å². The van der Waals surface area contributed by atoms with E-state index in [1.165, 1.54) is 0 Å². The van der Waals surface area contributed by atoms with E-state index < -0.39 is 5.54 Å². The molecule has 0 spiro atoms. The zero-order valence-corrected chi connectivity index (χ0v) is 13.2. The van der Waals surface area contributed by atoms with E-state index in [0.717, 1.165) is 26.7 Å². The Labute approximate surface area is 136 Å². The standard InChI is InChI=1S/C18H12BrN3/c19-16-3-1-2-15(10-16)18(14-5-8-20-9-6-14)17-12-21-7-4-13(17)11-22-18/h1-12H. The van der Waals surface area contributed by atoms with Crippen molar-refractivity contribution in [2.75, 3.05) is 0 Å². The summed E-state index contributed by atoms with van der Waals surface area (Å²) in [6.07, 6.45) is 9.24. The van der Waals surface area contributed by atoms with E-state index in [1.54, 1.807) is 18.6 Å². The van der Waals surface area contributed by atoms with Gasteiger partial charge in [0, 0.05) is 46.6 Å². The summed E-state index contributed by atoms with van der Waals surface area (Å²) < 4.78 is 1.03. The Bertz CT molecular complexity index is 861. The van der Waals surface area contributed by atoms with Gasteiger partial charge in [-0.1, -0.05) is 28.1 Å². The number of nitrogens with zero attached hydrogens (tertiary/aromatic N) is 3. The van der Waals surface area contributed by atoms with E-state index in [4.69, 9.17) is 4.99 Å². The molecule has 0 fully saturated rings. The topological polar surface area (TPSA) is 38.1 Å². The molecule has 3 heterocycles. The van der Waals surface area contributed by atoms with Crippen LogP contribution in [0.1, 0.15) is 22.3 Å². The summed E-state index contributed by atoms with van der Waals surface area (Å²) in [6, 6.07) is 14.3. The molecule has 0 N–H and O–H groups in total. The zero-order valence-electron chi connectivity index (χ0n) is 11.6. The number of hydrogen-bond donors (Lipinski definition) is 0. The van der Waals surface area contributed by atoms with Crippen molar-refractivity contribution in [2.45, 2.75) is 5.54 Å². The second kappa shape index (κ2) is 5.14. The second-order valence-electron chi connectivity index (χ2n) is 5.18. The van der Waals surface area contributed by atoms with Gasteiger partial charge in [-0.25, -0.2) is 0 Å². The van der Waals surface area contributed by atoms with Crippen LogP contribution in [0.5, 0.6) is 0 Å². The van der Waals surface area contributed by atoms with E-state index in [2.05, 4.69) is 38.0 Å². The number of pyridine rings is 2. The zero-order chi connectivity index (χ0) is 15.0. The molecule has 4 heteroatoms. The molecule has 106 valence electrons. The molecule has 3 aromatic rings. The van der Waals surface area contributed by atoms with Crippen LogP contribution in [0.25, 0.3) is 0 Å². The smallest absolute Gasteiger partial charge is 0.138 e. The van der Waals surface area contributed by atoms with Crippen LogP contribution in [0, 0.1) is 0 Å². The number of aromatic nitrogens is 2. The summed E-state index contributed by atoms with van der Waals surface area (Å²) in [7, 11) is 0. The fraction of sp³-hybridized carbons (Fsp3) is 0.0556. The lowest BCUT2D eigenvalue weighted by Crippen LogP contribution is -2.25. The Morgan fingerprint density at radius 3 is 2.50 bits per heavy atom. The van der Waals surface area contributed by atoms with Crippen molar-refractivity contribution in [3.63, 3.8) is 0 Å². The molecule has 0 bridgehead atoms. The van der Waals surface area contributed by atoms with Gasteiger partial charge in [0.2, 0.25) is 0 Å². The van der Waals surface area contributed by atoms with Crippen molar-refractivity contribution in [3.05, 3.63) is 94.0 Å². The largest absolute Gasteiger partial charge is 0.271 e. The molecule has 0 aliphatic carbocycles. The highest BCUT2D eigenvalue weighted by Gasteiger charge is 2.40. The van der Waals surface area contributed by atoms with Crippen molar-refractivity contribution in [3.8, 4) is 0 Å². The fourth-order valence-corrected chi connectivity index (χ4v) is 3.39. The molecular weight excluding hydrogens is 338 g/mol. The number of halogens is 1. The van der Waals surface area contributed by atoms with Gasteiger partial charge in [0.1, 0.15) is 5.54 Å². The molecule has 1 aliphatic heterocycles. The normalized spacial score (nSPS) is 19.1. The maximum Gasteiger partial charge on any atom is 0.138 e. The summed E-state index contributed by atoms with van der Waals surface area (Å²) in [4.78, 5) is 13.4. The predicted molar refractivity (Wildman–Crippen MR) is 90.1 cm³/mol. The van der Waals surface area contributed by atoms with E-state index in [1.807, 2.05) is 42.7 Å². The van der Waals surface area contributed by atoms with Gasteiger partial charge >= 0.3 is 0 Å². The lowest BCUT2D eigenvalue weighted by Gasteiger charge is -2.29. The molecule has 0 radical (unpaired) electrons. The third kappa shape index (κ3) is 1.91. The summed E-state index contributed by atoms with van der Waals surface area (Å²) in [5, 5.41) is 0. The van der Waals surface area contributed by atoms with Gasteiger partial charge in [-0.2, -0.15) is 0 Å². The average Bonchev–Trinajstić information content (AvgIpc) is 2.96. The first-order valence-corrected chi connectivity index (χ1v) is 7.76. The molecule has 1 aromatic carbocycles. The monoisotopic (exact) mass is 349 g/mol. The van der Waals surface area contributed by atoms with Crippen LogP contribution in [0.4, 0.5) is 0 Å². The SMILES string of the molecule is Brc1cccc(C2(c3ccncc3)N=Cc3ccncc32)c1. The summed E-state index contributed by atoms with van der Waals surface area (Å²) in [5.74, 6) is 0. The minimum Gasteiger partial charge on any atom is -0.271 e. The molecule has 22 heavy (non-hydrogen) atoms. The average molecular weight is 350 g/mol. The highest BCUT2D eigenvalue weighted by atomic mass is 79.9. The van der Waals surface area contributed by atoms with Crippen LogP contribution in [0.3, 0.4) is 0 Å². The Morgan fingerprint density at radius 1 is 0.864 bits per heavy atom. The molecule has 1 atom stereocenters. The number of fused-ring (bicyclic) bond motifs is 1. The van der Waals surface area contributed by atoms with E-state index in [9.17, 15) is 0 Å². The highest BCUT2D eigenvalue weighted by molar-refractivity contribution is 9.10. The summed E-state index contributed by atoms with van der Waals surface area (Å²) in [5.41, 5.74) is 3.84. The third-order valence-electron chi connectivity index (χ3n) is 3.98. The molecule has 2 aromatic heterocycles. The Kier molecular flexibility index (Phi) is 3.12. The van der Waals surface area contributed by atoms with Crippen molar-refractivity contribution in [1.82, 2.24) is 9.97 Å². The highest BCUT2D eigenvalue weighted by Crippen LogP contribution is 2.44. The Hall–Kier alpha value is -2.33. The first kappa shape index (κ1) is 13.3. The van der Waals surface area contributed by atoms with Crippen LogP contribution in [0.15, 0.2) is 76.7 Å². The van der Waals surface area contributed by atoms with Gasteiger partial charge in [0.25, 0.3) is 0 Å². The fourth-order valence-electron chi connectivity index (χ4n) is 2.99. The summed E-state index contributed by atoms with van der Waals surface area (Å²) >= 11 is 3.57. The second-order valence-corrected chi connectivity index (χ2v) is 6.09. The lowest BCUT2D eigenvalue weighted by atomic mass is 9.79. The van der Waals surface area contributed by atoms with Gasteiger partial charge in [-0.3, -0.25) is 15.0 Å².